The molecule has 3 aromatic rings. The summed E-state index contributed by atoms with van der Waals surface area (Å²) >= 11 is 0. The molecule has 0 unspecified atom stereocenters. The first-order valence-electron chi connectivity index (χ1n) is 8.49. The molecular formula is C23H23P. The summed E-state index contributed by atoms with van der Waals surface area (Å²) < 4.78 is 0. The zero-order chi connectivity index (χ0) is 16.6. The van der Waals surface area contributed by atoms with Crippen LogP contribution in [-0.4, -0.2) is 0 Å². The summed E-state index contributed by atoms with van der Waals surface area (Å²) in [7, 11) is -0.513. The first kappa shape index (κ1) is 16.7. The second kappa shape index (κ2) is 8.62. The van der Waals surface area contributed by atoms with Gasteiger partial charge in [-0.3, -0.25) is 0 Å². The maximum Gasteiger partial charge on any atom is -0.0119 e. The van der Waals surface area contributed by atoms with Gasteiger partial charge in [-0.1, -0.05) is 91.0 Å². The maximum atomic E-state index is 3.85. The van der Waals surface area contributed by atoms with E-state index in [-0.39, 0.29) is 0 Å². The predicted molar refractivity (Wildman–Crippen MR) is 108 cm³/mol. The first-order valence-corrected chi connectivity index (χ1v) is 9.83. The van der Waals surface area contributed by atoms with Crippen LogP contribution in [0.1, 0.15) is 18.4 Å². The molecule has 0 fully saturated rings. The smallest absolute Gasteiger partial charge is 0.0119 e. The highest BCUT2D eigenvalue weighted by Crippen LogP contribution is 2.34. The van der Waals surface area contributed by atoms with E-state index >= 15 is 0 Å². The number of hydrogen-bond donors (Lipinski definition) is 0. The van der Waals surface area contributed by atoms with Crippen molar-refractivity contribution in [3.63, 3.8) is 0 Å². The quantitative estimate of drug-likeness (QED) is 0.326. The highest BCUT2D eigenvalue weighted by molar-refractivity contribution is 7.79. The fourth-order valence-electron chi connectivity index (χ4n) is 2.96. The highest BCUT2D eigenvalue weighted by Gasteiger charge is 2.18. The van der Waals surface area contributed by atoms with Crippen molar-refractivity contribution in [2.75, 3.05) is 0 Å². The van der Waals surface area contributed by atoms with E-state index in [1.807, 2.05) is 6.08 Å². The Kier molecular flexibility index (Phi) is 5.99. The normalized spacial score (nSPS) is 10.7. The van der Waals surface area contributed by atoms with E-state index < -0.39 is 7.92 Å². The summed E-state index contributed by atoms with van der Waals surface area (Å²) in [5.74, 6) is 0. The van der Waals surface area contributed by atoms with Gasteiger partial charge in [-0.2, -0.15) is 0 Å². The van der Waals surface area contributed by atoms with Gasteiger partial charge in [0.1, 0.15) is 0 Å². The molecule has 0 bridgehead atoms. The molecule has 0 aliphatic heterocycles. The molecule has 0 heterocycles. The number of hydrogen-bond acceptors (Lipinski definition) is 0. The van der Waals surface area contributed by atoms with Gasteiger partial charge >= 0.3 is 0 Å². The summed E-state index contributed by atoms with van der Waals surface area (Å²) in [4.78, 5) is 0. The summed E-state index contributed by atoms with van der Waals surface area (Å²) in [5, 5.41) is 4.30. The van der Waals surface area contributed by atoms with Gasteiger partial charge in [-0.25, -0.2) is 0 Å². The van der Waals surface area contributed by atoms with Crippen molar-refractivity contribution in [1.29, 1.82) is 0 Å². The molecule has 120 valence electrons. The minimum atomic E-state index is -0.513. The molecule has 3 aromatic carbocycles. The Morgan fingerprint density at radius 2 is 1.25 bits per heavy atom. The van der Waals surface area contributed by atoms with Crippen LogP contribution in [0.2, 0.25) is 0 Å². The second-order valence-electron chi connectivity index (χ2n) is 5.82. The fourth-order valence-corrected chi connectivity index (χ4v) is 5.46. The number of unbranched alkanes of at least 4 members (excludes halogenated alkanes) is 1. The molecule has 3 rings (SSSR count). The molecular weight excluding hydrogens is 307 g/mol. The van der Waals surface area contributed by atoms with E-state index in [1.54, 1.807) is 0 Å². The molecule has 0 aromatic heterocycles. The highest BCUT2D eigenvalue weighted by atomic mass is 31.1. The van der Waals surface area contributed by atoms with E-state index in [9.17, 15) is 0 Å². The van der Waals surface area contributed by atoms with Crippen LogP contribution in [0.5, 0.6) is 0 Å². The molecule has 0 radical (unpaired) electrons. The summed E-state index contributed by atoms with van der Waals surface area (Å²) in [6.45, 7) is 3.85. The number of benzene rings is 3. The topological polar surface area (TPSA) is 0 Å². The lowest BCUT2D eigenvalue weighted by atomic mass is 10.1. The Hall–Kier alpha value is -2.17. The van der Waals surface area contributed by atoms with Gasteiger partial charge in [-0.05, 0) is 48.7 Å². The van der Waals surface area contributed by atoms with Crippen LogP contribution in [0.3, 0.4) is 0 Å². The van der Waals surface area contributed by atoms with Crippen LogP contribution in [0.25, 0.3) is 0 Å². The van der Waals surface area contributed by atoms with Crippen LogP contribution in [0.4, 0.5) is 0 Å². The molecule has 0 saturated heterocycles. The van der Waals surface area contributed by atoms with Crippen molar-refractivity contribution >= 4 is 23.8 Å². The zero-order valence-corrected chi connectivity index (χ0v) is 14.8. The Labute approximate surface area is 146 Å². The fraction of sp³-hybridized carbons (Fsp3) is 0.130. The third-order valence-electron chi connectivity index (χ3n) is 4.12. The largest absolute Gasteiger partial charge is 0.103 e. The van der Waals surface area contributed by atoms with Crippen molar-refractivity contribution in [2.45, 2.75) is 19.3 Å². The molecule has 0 amide bonds. The van der Waals surface area contributed by atoms with Crippen molar-refractivity contribution in [3.8, 4) is 0 Å². The van der Waals surface area contributed by atoms with Crippen LogP contribution < -0.4 is 15.9 Å². The van der Waals surface area contributed by atoms with Crippen LogP contribution in [0.15, 0.2) is 97.6 Å². The summed E-state index contributed by atoms with van der Waals surface area (Å²) in [5.41, 5.74) is 1.47. The summed E-state index contributed by atoms with van der Waals surface area (Å²) in [6.07, 6.45) is 5.36. The Bertz CT molecular complexity index is 723. The van der Waals surface area contributed by atoms with E-state index in [4.69, 9.17) is 0 Å². The van der Waals surface area contributed by atoms with E-state index in [1.165, 1.54) is 21.5 Å². The lowest BCUT2D eigenvalue weighted by molar-refractivity contribution is 0.848. The first-order chi connectivity index (χ1) is 11.9. The summed E-state index contributed by atoms with van der Waals surface area (Å²) in [6, 6.07) is 30.8. The average molecular weight is 330 g/mol. The van der Waals surface area contributed by atoms with Gasteiger partial charge in [0.15, 0.2) is 0 Å². The molecule has 0 spiro atoms. The average Bonchev–Trinajstić information content (AvgIpc) is 2.65. The van der Waals surface area contributed by atoms with Crippen LogP contribution >= 0.6 is 7.92 Å². The molecule has 0 saturated carbocycles. The van der Waals surface area contributed by atoms with Crippen molar-refractivity contribution in [2.24, 2.45) is 0 Å². The van der Waals surface area contributed by atoms with Gasteiger partial charge in [0.25, 0.3) is 0 Å². The Balaban J connectivity index is 2.05. The van der Waals surface area contributed by atoms with Crippen LogP contribution in [-0.2, 0) is 6.42 Å². The van der Waals surface area contributed by atoms with Gasteiger partial charge in [-0.15, -0.1) is 6.58 Å². The SMILES string of the molecule is C=CCCCc1ccccc1P(c1ccccc1)c1ccccc1. The number of aryl methyl sites for hydroxylation is 1. The molecule has 0 atom stereocenters. The molecule has 1 heteroatoms. The maximum absolute atomic E-state index is 3.85. The van der Waals surface area contributed by atoms with E-state index in [0.29, 0.717) is 0 Å². The standard InChI is InChI=1S/C23H23P/c1-2-3-6-13-20-14-11-12-19-23(20)24(21-15-7-4-8-16-21)22-17-9-5-10-18-22/h2,4-5,7-12,14-19H,1,3,6,13H2. The van der Waals surface area contributed by atoms with Gasteiger partial charge < -0.3 is 0 Å². The van der Waals surface area contributed by atoms with E-state index in [2.05, 4.69) is 91.5 Å². The second-order valence-corrected chi connectivity index (χ2v) is 8.00. The minimum absolute atomic E-state index is 0.513. The minimum Gasteiger partial charge on any atom is -0.103 e. The van der Waals surface area contributed by atoms with E-state index in [0.717, 1.165) is 19.3 Å². The Morgan fingerprint density at radius 1 is 0.708 bits per heavy atom. The lowest BCUT2D eigenvalue weighted by Gasteiger charge is -2.22. The third kappa shape index (κ3) is 4.02. The lowest BCUT2D eigenvalue weighted by Crippen LogP contribution is -2.23. The van der Waals surface area contributed by atoms with Gasteiger partial charge in [0.2, 0.25) is 0 Å². The predicted octanol–water partition coefficient (Wildman–Crippen LogP) is 4.95. The monoisotopic (exact) mass is 330 g/mol. The third-order valence-corrected chi connectivity index (χ3v) is 6.66. The number of rotatable bonds is 7. The van der Waals surface area contributed by atoms with Crippen molar-refractivity contribution < 1.29 is 0 Å². The van der Waals surface area contributed by atoms with Gasteiger partial charge in [0.05, 0.1) is 0 Å². The molecule has 0 aliphatic carbocycles. The molecule has 0 aliphatic rings. The Morgan fingerprint density at radius 3 is 1.83 bits per heavy atom. The van der Waals surface area contributed by atoms with Gasteiger partial charge in [0, 0.05) is 0 Å². The van der Waals surface area contributed by atoms with Crippen molar-refractivity contribution in [3.05, 3.63) is 103 Å². The zero-order valence-electron chi connectivity index (χ0n) is 13.9. The molecule has 0 N–H and O–H groups in total. The molecule has 0 nitrogen and oxygen atoms in total. The molecule has 24 heavy (non-hydrogen) atoms. The number of allylic oxidation sites excluding steroid dienone is 1. The van der Waals surface area contributed by atoms with Crippen LogP contribution in [0, 0.1) is 0 Å². The van der Waals surface area contributed by atoms with Crippen molar-refractivity contribution in [1.82, 2.24) is 0 Å².